The van der Waals surface area contributed by atoms with E-state index >= 15 is 0 Å². The van der Waals surface area contributed by atoms with Gasteiger partial charge in [0.25, 0.3) is 11.6 Å². The third-order valence-corrected chi connectivity index (χ3v) is 4.34. The number of nitro groups is 1. The van der Waals surface area contributed by atoms with Gasteiger partial charge in [-0.15, -0.1) is 0 Å². The minimum atomic E-state index is -4.59. The van der Waals surface area contributed by atoms with Crippen LogP contribution in [0.4, 0.5) is 24.5 Å². The summed E-state index contributed by atoms with van der Waals surface area (Å²) in [6.45, 7) is -0.136. The molecule has 0 spiro atoms. The van der Waals surface area contributed by atoms with Crippen LogP contribution in [0.25, 0.3) is 0 Å². The summed E-state index contributed by atoms with van der Waals surface area (Å²) in [7, 11) is 1.48. The van der Waals surface area contributed by atoms with E-state index in [0.717, 1.165) is 6.07 Å². The Labute approximate surface area is 176 Å². The van der Waals surface area contributed by atoms with Crippen LogP contribution in [0.3, 0.4) is 0 Å². The first-order valence-corrected chi connectivity index (χ1v) is 9.36. The second kappa shape index (κ2) is 11.3. The van der Waals surface area contributed by atoms with Crippen LogP contribution >= 0.6 is 0 Å². The number of carbonyl (C=O) groups excluding carboxylic acids is 1. The number of rotatable bonds is 11. The Hall–Kier alpha value is -3.18. The van der Waals surface area contributed by atoms with Gasteiger partial charge in [0.2, 0.25) is 0 Å². The normalized spacial score (nSPS) is 12.3. The average Bonchev–Trinajstić information content (AvgIpc) is 2.73. The lowest BCUT2D eigenvalue weighted by molar-refractivity contribution is -0.384. The molecule has 11 heteroatoms. The largest absolute Gasteiger partial charge is 0.405 e. The molecule has 0 radical (unpaired) electrons. The van der Waals surface area contributed by atoms with Crippen molar-refractivity contribution in [1.82, 2.24) is 10.6 Å². The molecule has 0 heterocycles. The lowest BCUT2D eigenvalue weighted by Crippen LogP contribution is -2.49. The van der Waals surface area contributed by atoms with Gasteiger partial charge < -0.3 is 20.7 Å². The topological polar surface area (TPSA) is 106 Å². The summed E-state index contributed by atoms with van der Waals surface area (Å²) in [6, 6.07) is 10.2. The summed E-state index contributed by atoms with van der Waals surface area (Å²) >= 11 is 0. The fourth-order valence-electron chi connectivity index (χ4n) is 2.70. The molecule has 2 rings (SSSR count). The molecule has 1 amide bonds. The van der Waals surface area contributed by atoms with Gasteiger partial charge in [-0.1, -0.05) is 30.3 Å². The Morgan fingerprint density at radius 2 is 1.90 bits per heavy atom. The Bertz CT molecular complexity index is 878. The van der Waals surface area contributed by atoms with Gasteiger partial charge in [-0.2, -0.15) is 13.2 Å². The van der Waals surface area contributed by atoms with Gasteiger partial charge >= 0.3 is 6.18 Å². The molecule has 2 aromatic rings. The van der Waals surface area contributed by atoms with E-state index in [9.17, 15) is 28.1 Å². The van der Waals surface area contributed by atoms with Gasteiger partial charge in [0.05, 0.1) is 11.5 Å². The third kappa shape index (κ3) is 7.54. The Kier molecular flexibility index (Phi) is 8.76. The lowest BCUT2D eigenvalue weighted by Gasteiger charge is -2.22. The minimum Gasteiger partial charge on any atom is -0.383 e. The number of anilines is 1. The molecule has 3 N–H and O–H groups in total. The maximum Gasteiger partial charge on any atom is 0.405 e. The molecule has 0 aliphatic heterocycles. The number of nitrogens with zero attached hydrogens (tertiary/aromatic N) is 1. The molecule has 1 atom stereocenters. The van der Waals surface area contributed by atoms with Gasteiger partial charge in [0.1, 0.15) is 11.7 Å². The number of carbonyl (C=O) groups is 1. The fourth-order valence-corrected chi connectivity index (χ4v) is 2.70. The number of amides is 1. The molecule has 0 bridgehead atoms. The molecule has 0 saturated carbocycles. The van der Waals surface area contributed by atoms with Crippen molar-refractivity contribution in [3.8, 4) is 0 Å². The van der Waals surface area contributed by atoms with E-state index in [2.05, 4.69) is 16.0 Å². The maximum absolute atomic E-state index is 13.3. The number of hydrogen-bond donors (Lipinski definition) is 3. The Morgan fingerprint density at radius 3 is 2.52 bits per heavy atom. The van der Waals surface area contributed by atoms with Gasteiger partial charge in [-0.05, 0) is 17.7 Å². The van der Waals surface area contributed by atoms with Gasteiger partial charge in [0, 0.05) is 38.4 Å². The molecular weight excluding hydrogens is 417 g/mol. The zero-order valence-electron chi connectivity index (χ0n) is 16.7. The van der Waals surface area contributed by atoms with E-state index in [0.29, 0.717) is 18.7 Å². The first-order chi connectivity index (χ1) is 14.7. The molecule has 0 aliphatic carbocycles. The van der Waals surface area contributed by atoms with E-state index in [4.69, 9.17) is 4.74 Å². The predicted octanol–water partition coefficient (Wildman–Crippen LogP) is 3.10. The highest BCUT2D eigenvalue weighted by molar-refractivity contribution is 5.95. The van der Waals surface area contributed by atoms with Crippen molar-refractivity contribution in [2.24, 2.45) is 0 Å². The zero-order valence-corrected chi connectivity index (χ0v) is 16.7. The number of ether oxygens (including phenoxy) is 1. The van der Waals surface area contributed by atoms with Crippen LogP contribution in [0.1, 0.15) is 15.9 Å². The van der Waals surface area contributed by atoms with E-state index in [-0.39, 0.29) is 23.5 Å². The molecule has 0 fully saturated rings. The van der Waals surface area contributed by atoms with Gasteiger partial charge in [-0.25, -0.2) is 0 Å². The zero-order chi connectivity index (χ0) is 22.9. The number of hydrogen-bond acceptors (Lipinski definition) is 6. The highest BCUT2D eigenvalue weighted by Crippen LogP contribution is 2.26. The molecule has 8 nitrogen and oxygen atoms in total. The summed E-state index contributed by atoms with van der Waals surface area (Å²) in [5.74, 6) is -0.845. The lowest BCUT2D eigenvalue weighted by atomic mass is 10.1. The van der Waals surface area contributed by atoms with Crippen molar-refractivity contribution in [2.45, 2.75) is 18.8 Å². The van der Waals surface area contributed by atoms with Crippen LogP contribution in [-0.4, -0.2) is 49.9 Å². The molecule has 0 unspecified atom stereocenters. The summed E-state index contributed by atoms with van der Waals surface area (Å²) in [6.07, 6.45) is -4.59. The Morgan fingerprint density at radius 1 is 1.19 bits per heavy atom. The summed E-state index contributed by atoms with van der Waals surface area (Å²) in [5, 5.41) is 18.7. The highest BCUT2D eigenvalue weighted by Gasteiger charge is 2.39. The number of methoxy groups -OCH3 is 1. The molecule has 168 valence electrons. The first kappa shape index (κ1) is 24.1. The summed E-state index contributed by atoms with van der Waals surface area (Å²) in [5.41, 5.74) is 0.359. The number of benzene rings is 2. The maximum atomic E-state index is 13.3. The quantitative estimate of drug-likeness (QED) is 0.282. The first-order valence-electron chi connectivity index (χ1n) is 9.36. The van der Waals surface area contributed by atoms with Crippen LogP contribution in [0.15, 0.2) is 48.5 Å². The number of halogens is 3. The smallest absolute Gasteiger partial charge is 0.383 e. The third-order valence-electron chi connectivity index (χ3n) is 4.34. The van der Waals surface area contributed by atoms with E-state index in [1.165, 1.54) is 19.2 Å². The molecular formula is C20H23F3N4O4. The van der Waals surface area contributed by atoms with Crippen molar-refractivity contribution in [3.63, 3.8) is 0 Å². The number of nitro benzene ring substituents is 1. The second-order valence-corrected chi connectivity index (χ2v) is 6.58. The fraction of sp³-hybridized carbons (Fsp3) is 0.350. The minimum absolute atomic E-state index is 0.0335. The van der Waals surface area contributed by atoms with Crippen molar-refractivity contribution in [2.75, 3.05) is 32.1 Å². The highest BCUT2D eigenvalue weighted by atomic mass is 19.4. The Balaban J connectivity index is 2.04. The number of alkyl halides is 3. The van der Waals surface area contributed by atoms with E-state index in [1.807, 2.05) is 0 Å². The van der Waals surface area contributed by atoms with Gasteiger partial charge in [-0.3, -0.25) is 14.9 Å². The molecule has 0 saturated heterocycles. The summed E-state index contributed by atoms with van der Waals surface area (Å²) in [4.78, 5) is 22.9. The average molecular weight is 440 g/mol. The van der Waals surface area contributed by atoms with Crippen LogP contribution < -0.4 is 16.0 Å². The summed E-state index contributed by atoms with van der Waals surface area (Å²) < 4.78 is 44.8. The second-order valence-electron chi connectivity index (χ2n) is 6.58. The van der Waals surface area contributed by atoms with Crippen molar-refractivity contribution in [1.29, 1.82) is 0 Å². The van der Waals surface area contributed by atoms with Crippen LogP contribution in [0.2, 0.25) is 0 Å². The van der Waals surface area contributed by atoms with Crippen LogP contribution in [0, 0.1) is 10.1 Å². The molecule has 2 aromatic carbocycles. The van der Waals surface area contributed by atoms with E-state index in [1.54, 1.807) is 30.3 Å². The standard InChI is InChI=1S/C20H23F3N4O4/c1-31-10-9-24-16-8-7-15(11-17(16)27(29)30)19(28)26-13-18(20(21,22)23)25-12-14-5-3-2-4-6-14/h2-8,11,18,24-25H,9-10,12-13H2,1H3,(H,26,28)/t18-/m1/s1. The van der Waals surface area contributed by atoms with Crippen LogP contribution in [-0.2, 0) is 11.3 Å². The van der Waals surface area contributed by atoms with Crippen LogP contribution in [0.5, 0.6) is 0 Å². The SMILES string of the molecule is COCCNc1ccc(C(=O)NC[C@@H](NCc2ccccc2)C(F)(F)F)cc1[N+](=O)[O-]. The van der Waals surface area contributed by atoms with Crippen molar-refractivity contribution in [3.05, 3.63) is 69.8 Å². The molecule has 0 aromatic heterocycles. The number of nitrogens with one attached hydrogen (secondary N) is 3. The monoisotopic (exact) mass is 440 g/mol. The predicted molar refractivity (Wildman–Crippen MR) is 109 cm³/mol. The molecule has 31 heavy (non-hydrogen) atoms. The van der Waals surface area contributed by atoms with Crippen molar-refractivity contribution < 1.29 is 27.6 Å². The molecule has 0 aliphatic rings. The van der Waals surface area contributed by atoms with Crippen molar-refractivity contribution >= 4 is 17.3 Å². The van der Waals surface area contributed by atoms with Gasteiger partial charge in [0.15, 0.2) is 0 Å². The van der Waals surface area contributed by atoms with E-state index < -0.39 is 29.6 Å².